The van der Waals surface area contributed by atoms with E-state index in [4.69, 9.17) is 4.74 Å². The summed E-state index contributed by atoms with van der Waals surface area (Å²) in [5, 5.41) is 10.5. The van der Waals surface area contributed by atoms with Crippen molar-refractivity contribution in [2.45, 2.75) is 12.0 Å². The molecule has 2 aromatic rings. The number of aliphatic imine (C=N–C) groups is 1. The molecule has 0 aromatic heterocycles. The Kier molecular flexibility index (Phi) is 3.05. The first-order chi connectivity index (χ1) is 9.31. The number of hydrogen-bond acceptors (Lipinski definition) is 3. The van der Waals surface area contributed by atoms with Crippen LogP contribution in [0.25, 0.3) is 0 Å². The van der Waals surface area contributed by atoms with E-state index in [1.54, 1.807) is 13.3 Å². The van der Waals surface area contributed by atoms with Crippen molar-refractivity contribution in [1.82, 2.24) is 0 Å². The van der Waals surface area contributed by atoms with E-state index in [1.165, 1.54) is 0 Å². The van der Waals surface area contributed by atoms with Crippen LogP contribution < -0.4 is 4.74 Å². The minimum absolute atomic E-state index is 0.175. The standard InChI is InChI=1S/C16H15NO2/c1-19-15-9-5-3-6-11(15)13-10-17-14-8-4-2-7-12(14)16(13)18/h2-10,13,16,18H,1H3. The van der Waals surface area contributed by atoms with Gasteiger partial charge in [-0.3, -0.25) is 4.99 Å². The summed E-state index contributed by atoms with van der Waals surface area (Å²) in [5.41, 5.74) is 2.65. The number of aliphatic hydroxyl groups excluding tert-OH is 1. The second-order valence-electron chi connectivity index (χ2n) is 4.55. The number of aliphatic hydroxyl groups is 1. The maximum Gasteiger partial charge on any atom is 0.122 e. The molecule has 3 heteroatoms. The summed E-state index contributed by atoms with van der Waals surface area (Å²) >= 11 is 0. The van der Waals surface area contributed by atoms with Crippen LogP contribution in [0.15, 0.2) is 53.5 Å². The molecule has 0 radical (unpaired) electrons. The predicted octanol–water partition coefficient (Wildman–Crippen LogP) is 3.23. The van der Waals surface area contributed by atoms with E-state index < -0.39 is 6.10 Å². The molecule has 0 bridgehead atoms. The second-order valence-corrected chi connectivity index (χ2v) is 4.55. The first-order valence-electron chi connectivity index (χ1n) is 6.25. The minimum Gasteiger partial charge on any atom is -0.496 e. The van der Waals surface area contributed by atoms with Crippen LogP contribution in [-0.2, 0) is 0 Å². The van der Waals surface area contributed by atoms with Crippen molar-refractivity contribution in [3.8, 4) is 5.75 Å². The normalized spacial score (nSPS) is 20.9. The molecule has 2 aromatic carbocycles. The summed E-state index contributed by atoms with van der Waals surface area (Å²) in [6.45, 7) is 0. The van der Waals surface area contributed by atoms with Crippen LogP contribution in [-0.4, -0.2) is 18.4 Å². The van der Waals surface area contributed by atoms with E-state index >= 15 is 0 Å². The highest BCUT2D eigenvalue weighted by atomic mass is 16.5. The summed E-state index contributed by atoms with van der Waals surface area (Å²) < 4.78 is 5.36. The van der Waals surface area contributed by atoms with Gasteiger partial charge in [0.2, 0.25) is 0 Å². The van der Waals surface area contributed by atoms with E-state index in [2.05, 4.69) is 4.99 Å². The number of para-hydroxylation sites is 2. The molecule has 2 unspecified atom stereocenters. The fraction of sp³-hybridized carbons (Fsp3) is 0.188. The summed E-state index contributed by atoms with van der Waals surface area (Å²) in [6.07, 6.45) is 1.20. The molecular weight excluding hydrogens is 238 g/mol. The smallest absolute Gasteiger partial charge is 0.122 e. The molecular formula is C16H15NO2. The third kappa shape index (κ3) is 2.02. The molecule has 0 amide bonds. The fourth-order valence-electron chi connectivity index (χ4n) is 2.48. The number of methoxy groups -OCH3 is 1. The first-order valence-corrected chi connectivity index (χ1v) is 6.25. The quantitative estimate of drug-likeness (QED) is 0.892. The molecule has 1 aliphatic rings. The molecule has 3 nitrogen and oxygen atoms in total. The average Bonchev–Trinajstić information content (AvgIpc) is 2.48. The van der Waals surface area contributed by atoms with E-state index in [1.807, 2.05) is 48.5 Å². The summed E-state index contributed by atoms with van der Waals surface area (Å²) in [5.74, 6) is 0.600. The maximum atomic E-state index is 10.5. The van der Waals surface area contributed by atoms with Crippen molar-refractivity contribution in [1.29, 1.82) is 0 Å². The van der Waals surface area contributed by atoms with Crippen LogP contribution >= 0.6 is 0 Å². The number of hydrogen-bond donors (Lipinski definition) is 1. The third-order valence-electron chi connectivity index (χ3n) is 3.47. The van der Waals surface area contributed by atoms with Gasteiger partial charge >= 0.3 is 0 Å². The molecule has 0 aliphatic carbocycles. The number of fused-ring (bicyclic) bond motifs is 1. The first kappa shape index (κ1) is 11.9. The maximum absolute atomic E-state index is 10.5. The Bertz CT molecular complexity index is 622. The van der Waals surface area contributed by atoms with Gasteiger partial charge in [0.05, 0.1) is 24.8 Å². The molecule has 0 saturated heterocycles. The lowest BCUT2D eigenvalue weighted by molar-refractivity contribution is 0.167. The van der Waals surface area contributed by atoms with Crippen LogP contribution in [0.2, 0.25) is 0 Å². The van der Waals surface area contributed by atoms with Gasteiger partial charge in [-0.25, -0.2) is 0 Å². The Morgan fingerprint density at radius 3 is 2.47 bits per heavy atom. The second kappa shape index (κ2) is 4.86. The lowest BCUT2D eigenvalue weighted by Gasteiger charge is -2.26. The van der Waals surface area contributed by atoms with Crippen molar-refractivity contribution in [2.24, 2.45) is 4.99 Å². The van der Waals surface area contributed by atoms with Crippen LogP contribution in [0, 0.1) is 0 Å². The van der Waals surface area contributed by atoms with E-state index in [9.17, 15) is 5.11 Å². The highest BCUT2D eigenvalue weighted by Gasteiger charge is 2.28. The van der Waals surface area contributed by atoms with Gasteiger partial charge in [0.1, 0.15) is 5.75 Å². The van der Waals surface area contributed by atoms with Crippen molar-refractivity contribution in [3.05, 3.63) is 59.7 Å². The predicted molar refractivity (Wildman–Crippen MR) is 75.3 cm³/mol. The van der Waals surface area contributed by atoms with Gasteiger partial charge in [-0.05, 0) is 12.1 Å². The number of rotatable bonds is 2. The molecule has 19 heavy (non-hydrogen) atoms. The Balaban J connectivity index is 2.05. The topological polar surface area (TPSA) is 41.8 Å². The average molecular weight is 253 g/mol. The zero-order valence-corrected chi connectivity index (χ0v) is 10.7. The highest BCUT2D eigenvalue weighted by molar-refractivity contribution is 5.78. The van der Waals surface area contributed by atoms with Gasteiger partial charge in [-0.1, -0.05) is 36.4 Å². The Morgan fingerprint density at radius 1 is 1.00 bits per heavy atom. The molecule has 0 spiro atoms. The summed E-state index contributed by atoms with van der Waals surface area (Å²) in [7, 11) is 1.64. The SMILES string of the molecule is COc1ccccc1C1C=Nc2ccccc2C1O. The molecule has 96 valence electrons. The fourth-order valence-corrected chi connectivity index (χ4v) is 2.48. The third-order valence-corrected chi connectivity index (χ3v) is 3.47. The van der Waals surface area contributed by atoms with Crippen molar-refractivity contribution in [2.75, 3.05) is 7.11 Å². The Morgan fingerprint density at radius 2 is 1.68 bits per heavy atom. The number of ether oxygens (including phenoxy) is 1. The van der Waals surface area contributed by atoms with E-state index in [-0.39, 0.29) is 5.92 Å². The molecule has 3 rings (SSSR count). The molecule has 1 N–H and O–H groups in total. The van der Waals surface area contributed by atoms with Gasteiger partial charge in [-0.15, -0.1) is 0 Å². The van der Waals surface area contributed by atoms with Gasteiger partial charge in [0.15, 0.2) is 0 Å². The van der Waals surface area contributed by atoms with Crippen molar-refractivity contribution >= 4 is 11.9 Å². The van der Waals surface area contributed by atoms with Crippen LogP contribution in [0.1, 0.15) is 23.1 Å². The monoisotopic (exact) mass is 253 g/mol. The minimum atomic E-state index is -0.593. The molecule has 1 heterocycles. The molecule has 0 fully saturated rings. The Labute approximate surface area is 112 Å². The lowest BCUT2D eigenvalue weighted by Crippen LogP contribution is -2.16. The summed E-state index contributed by atoms with van der Waals surface area (Å²) in [4.78, 5) is 4.44. The van der Waals surface area contributed by atoms with Crippen LogP contribution in [0.4, 0.5) is 5.69 Å². The molecule has 0 saturated carbocycles. The summed E-state index contributed by atoms with van der Waals surface area (Å²) in [6, 6.07) is 15.4. The van der Waals surface area contributed by atoms with E-state index in [0.29, 0.717) is 0 Å². The highest BCUT2D eigenvalue weighted by Crippen LogP contribution is 2.41. The van der Waals surface area contributed by atoms with Crippen molar-refractivity contribution in [3.63, 3.8) is 0 Å². The van der Waals surface area contributed by atoms with Gasteiger partial charge in [0.25, 0.3) is 0 Å². The number of benzene rings is 2. The van der Waals surface area contributed by atoms with Gasteiger partial charge in [-0.2, -0.15) is 0 Å². The zero-order valence-electron chi connectivity index (χ0n) is 10.7. The zero-order chi connectivity index (χ0) is 13.2. The van der Waals surface area contributed by atoms with Gasteiger partial charge < -0.3 is 9.84 Å². The molecule has 1 aliphatic heterocycles. The number of nitrogens with zero attached hydrogens (tertiary/aromatic N) is 1. The van der Waals surface area contributed by atoms with Gasteiger partial charge in [0, 0.05) is 17.3 Å². The van der Waals surface area contributed by atoms with E-state index in [0.717, 1.165) is 22.6 Å². The largest absolute Gasteiger partial charge is 0.496 e. The lowest BCUT2D eigenvalue weighted by atomic mass is 9.87. The van der Waals surface area contributed by atoms with Crippen molar-refractivity contribution < 1.29 is 9.84 Å². The van der Waals surface area contributed by atoms with Crippen LogP contribution in [0.5, 0.6) is 5.75 Å². The Hall–Kier alpha value is -2.13. The van der Waals surface area contributed by atoms with Crippen LogP contribution in [0.3, 0.4) is 0 Å². The molecule has 2 atom stereocenters.